The fourth-order valence-electron chi connectivity index (χ4n) is 1.95. The van der Waals surface area contributed by atoms with Crippen LogP contribution in [0.25, 0.3) is 0 Å². The summed E-state index contributed by atoms with van der Waals surface area (Å²) in [6.07, 6.45) is 0.272. The maximum atomic E-state index is 12.0. The van der Waals surface area contributed by atoms with E-state index in [0.29, 0.717) is 0 Å². The van der Waals surface area contributed by atoms with Crippen molar-refractivity contribution >= 4 is 11.9 Å². The Bertz CT molecular complexity index is 559. The summed E-state index contributed by atoms with van der Waals surface area (Å²) in [5, 5.41) is 0. The van der Waals surface area contributed by atoms with Crippen molar-refractivity contribution < 1.29 is 19.1 Å². The minimum atomic E-state index is -0.510. The molecular formula is C18H26O4. The van der Waals surface area contributed by atoms with E-state index in [1.165, 1.54) is 7.11 Å². The molecule has 1 aromatic rings. The third kappa shape index (κ3) is 5.17. The molecule has 1 aromatic carbocycles. The van der Waals surface area contributed by atoms with E-state index in [0.717, 1.165) is 5.56 Å². The Morgan fingerprint density at radius 3 is 2.09 bits per heavy atom. The van der Waals surface area contributed by atoms with Crippen molar-refractivity contribution in [1.82, 2.24) is 0 Å². The quantitative estimate of drug-likeness (QED) is 0.623. The van der Waals surface area contributed by atoms with E-state index < -0.39 is 5.97 Å². The smallest absolute Gasteiger partial charge is 0.341 e. The van der Waals surface area contributed by atoms with Gasteiger partial charge in [0, 0.05) is 0 Å². The molecule has 0 unspecified atom stereocenters. The van der Waals surface area contributed by atoms with Gasteiger partial charge in [-0.2, -0.15) is 0 Å². The molecule has 0 saturated heterocycles. The highest BCUT2D eigenvalue weighted by molar-refractivity contribution is 5.93. The van der Waals surface area contributed by atoms with Crippen molar-refractivity contribution in [2.24, 2.45) is 5.41 Å². The Kier molecular flexibility index (Phi) is 5.39. The van der Waals surface area contributed by atoms with Crippen molar-refractivity contribution in [2.75, 3.05) is 7.11 Å². The second-order valence-corrected chi connectivity index (χ2v) is 7.66. The van der Waals surface area contributed by atoms with Crippen molar-refractivity contribution in [3.8, 4) is 5.75 Å². The van der Waals surface area contributed by atoms with E-state index in [-0.39, 0.29) is 34.5 Å². The van der Waals surface area contributed by atoms with Crippen LogP contribution in [0.15, 0.2) is 18.2 Å². The normalized spacial score (nSPS) is 12.0. The van der Waals surface area contributed by atoms with Gasteiger partial charge in [-0.1, -0.05) is 47.6 Å². The standard InChI is InChI=1S/C18H26O4/c1-17(2,3)11-15(19)22-14-9-8-12(18(4,5)6)10-13(14)16(20)21-7/h8-10H,11H2,1-7H3. The first-order valence-electron chi connectivity index (χ1n) is 7.37. The van der Waals surface area contributed by atoms with Crippen LogP contribution in [-0.4, -0.2) is 19.0 Å². The molecule has 0 aromatic heterocycles. The number of hydrogen-bond acceptors (Lipinski definition) is 4. The van der Waals surface area contributed by atoms with E-state index in [1.807, 2.05) is 26.8 Å². The molecule has 0 saturated carbocycles. The second kappa shape index (κ2) is 6.51. The lowest BCUT2D eigenvalue weighted by atomic mass is 9.86. The lowest BCUT2D eigenvalue weighted by Crippen LogP contribution is -2.19. The van der Waals surface area contributed by atoms with Crippen LogP contribution in [0.4, 0.5) is 0 Å². The highest BCUT2D eigenvalue weighted by Crippen LogP contribution is 2.29. The number of carbonyl (C=O) groups is 2. The third-order valence-electron chi connectivity index (χ3n) is 3.15. The average molecular weight is 306 g/mol. The van der Waals surface area contributed by atoms with E-state index in [1.54, 1.807) is 12.1 Å². The van der Waals surface area contributed by atoms with Crippen LogP contribution in [0.3, 0.4) is 0 Å². The van der Waals surface area contributed by atoms with Crippen LogP contribution < -0.4 is 4.74 Å². The number of hydrogen-bond donors (Lipinski definition) is 0. The summed E-state index contributed by atoms with van der Waals surface area (Å²) in [6.45, 7) is 12.0. The van der Waals surface area contributed by atoms with Gasteiger partial charge in [-0.3, -0.25) is 4.79 Å². The van der Waals surface area contributed by atoms with Gasteiger partial charge in [-0.15, -0.1) is 0 Å². The number of ether oxygens (including phenoxy) is 2. The molecule has 1 rings (SSSR count). The van der Waals surface area contributed by atoms with Crippen LogP contribution in [0, 0.1) is 5.41 Å². The topological polar surface area (TPSA) is 52.6 Å². The minimum Gasteiger partial charge on any atom is -0.465 e. The van der Waals surface area contributed by atoms with E-state index in [4.69, 9.17) is 9.47 Å². The summed E-state index contributed by atoms with van der Waals surface area (Å²) < 4.78 is 10.2. The Morgan fingerprint density at radius 2 is 1.64 bits per heavy atom. The van der Waals surface area contributed by atoms with Crippen molar-refractivity contribution in [2.45, 2.75) is 53.4 Å². The van der Waals surface area contributed by atoms with Crippen LogP contribution in [0.2, 0.25) is 0 Å². The zero-order valence-corrected chi connectivity index (χ0v) is 14.6. The SMILES string of the molecule is COC(=O)c1cc(C(C)(C)C)ccc1OC(=O)CC(C)(C)C. The Balaban J connectivity index is 3.14. The average Bonchev–Trinajstić information content (AvgIpc) is 2.34. The highest BCUT2D eigenvalue weighted by Gasteiger charge is 2.23. The van der Waals surface area contributed by atoms with Crippen LogP contribution in [0.1, 0.15) is 63.9 Å². The van der Waals surface area contributed by atoms with E-state index in [2.05, 4.69) is 20.8 Å². The van der Waals surface area contributed by atoms with Gasteiger partial charge in [0.15, 0.2) is 0 Å². The molecule has 0 radical (unpaired) electrons. The molecule has 0 N–H and O–H groups in total. The first kappa shape index (κ1) is 18.2. The maximum absolute atomic E-state index is 12.0. The number of rotatable bonds is 3. The Labute approximate surface area is 132 Å². The highest BCUT2D eigenvalue weighted by atomic mass is 16.5. The third-order valence-corrected chi connectivity index (χ3v) is 3.15. The Morgan fingerprint density at radius 1 is 1.05 bits per heavy atom. The maximum Gasteiger partial charge on any atom is 0.341 e. The largest absolute Gasteiger partial charge is 0.465 e. The first-order valence-corrected chi connectivity index (χ1v) is 7.37. The summed E-state index contributed by atoms with van der Waals surface area (Å²) in [5.41, 5.74) is 0.964. The lowest BCUT2D eigenvalue weighted by Gasteiger charge is -2.21. The van der Waals surface area contributed by atoms with Gasteiger partial charge in [0.05, 0.1) is 13.5 Å². The second-order valence-electron chi connectivity index (χ2n) is 7.66. The predicted molar refractivity (Wildman–Crippen MR) is 86.2 cm³/mol. The summed E-state index contributed by atoms with van der Waals surface area (Å²) in [6, 6.07) is 5.26. The van der Waals surface area contributed by atoms with Gasteiger partial charge >= 0.3 is 11.9 Å². The van der Waals surface area contributed by atoms with Crippen LogP contribution >= 0.6 is 0 Å². The molecule has 0 heterocycles. The fourth-order valence-corrected chi connectivity index (χ4v) is 1.95. The molecule has 0 bridgehead atoms. The molecule has 0 amide bonds. The number of esters is 2. The monoisotopic (exact) mass is 306 g/mol. The molecule has 22 heavy (non-hydrogen) atoms. The molecule has 4 nitrogen and oxygen atoms in total. The summed E-state index contributed by atoms with van der Waals surface area (Å²) in [7, 11) is 1.31. The first-order chi connectivity index (χ1) is 9.94. The number of carbonyl (C=O) groups excluding carboxylic acids is 2. The molecule has 122 valence electrons. The van der Waals surface area contributed by atoms with Gasteiger partial charge in [0.25, 0.3) is 0 Å². The molecular weight excluding hydrogens is 280 g/mol. The molecule has 0 spiro atoms. The fraction of sp³-hybridized carbons (Fsp3) is 0.556. The zero-order chi connectivity index (χ0) is 17.1. The number of benzene rings is 1. The van der Waals surface area contributed by atoms with Gasteiger partial charge in [0.2, 0.25) is 0 Å². The van der Waals surface area contributed by atoms with Crippen molar-refractivity contribution in [3.05, 3.63) is 29.3 Å². The van der Waals surface area contributed by atoms with Crippen LogP contribution in [-0.2, 0) is 14.9 Å². The Hall–Kier alpha value is -1.84. The lowest BCUT2D eigenvalue weighted by molar-refractivity contribution is -0.136. The van der Waals surface area contributed by atoms with Crippen molar-refractivity contribution in [3.63, 3.8) is 0 Å². The van der Waals surface area contributed by atoms with E-state index in [9.17, 15) is 9.59 Å². The summed E-state index contributed by atoms with van der Waals surface area (Å²) in [4.78, 5) is 24.0. The summed E-state index contributed by atoms with van der Waals surface area (Å²) >= 11 is 0. The molecule has 4 heteroatoms. The van der Waals surface area contributed by atoms with Crippen molar-refractivity contribution in [1.29, 1.82) is 0 Å². The predicted octanol–water partition coefficient (Wildman–Crippen LogP) is 4.11. The molecule has 0 aliphatic carbocycles. The molecule has 0 atom stereocenters. The minimum absolute atomic E-state index is 0.114. The zero-order valence-electron chi connectivity index (χ0n) is 14.6. The van der Waals surface area contributed by atoms with Gasteiger partial charge in [0.1, 0.15) is 11.3 Å². The number of methoxy groups -OCH3 is 1. The van der Waals surface area contributed by atoms with Gasteiger partial charge in [-0.25, -0.2) is 4.79 Å². The van der Waals surface area contributed by atoms with E-state index >= 15 is 0 Å². The molecule has 0 fully saturated rings. The molecule has 0 aliphatic heterocycles. The van der Waals surface area contributed by atoms with Crippen LogP contribution in [0.5, 0.6) is 5.75 Å². The van der Waals surface area contributed by atoms with Gasteiger partial charge in [-0.05, 0) is 28.5 Å². The summed E-state index contributed by atoms with van der Waals surface area (Å²) in [5.74, 6) is -0.625. The van der Waals surface area contributed by atoms with Gasteiger partial charge < -0.3 is 9.47 Å². The molecule has 0 aliphatic rings.